The largest absolute Gasteiger partial charge is 0.377 e. The first-order valence-corrected chi connectivity index (χ1v) is 19.5. The van der Waals surface area contributed by atoms with Gasteiger partial charge >= 0.3 is 6.85 Å². The van der Waals surface area contributed by atoms with Gasteiger partial charge in [0.05, 0.1) is 0 Å². The Labute approximate surface area is 300 Å². The van der Waals surface area contributed by atoms with E-state index in [1.54, 1.807) is 0 Å². The lowest BCUT2D eigenvalue weighted by Gasteiger charge is -2.50. The fraction of sp³-hybridized carbons (Fsp3) is 0.273. The summed E-state index contributed by atoms with van der Waals surface area (Å²) in [6, 6.07) is 33.9. The van der Waals surface area contributed by atoms with Crippen molar-refractivity contribution in [3.63, 3.8) is 0 Å². The molecule has 0 radical (unpaired) electrons. The molecule has 49 heavy (non-hydrogen) atoms. The van der Waals surface area contributed by atoms with Gasteiger partial charge in [0.15, 0.2) is 0 Å². The zero-order chi connectivity index (χ0) is 33.9. The van der Waals surface area contributed by atoms with Crippen LogP contribution in [0.25, 0.3) is 32.3 Å². The second-order valence-electron chi connectivity index (χ2n) is 17.8. The Kier molecular flexibility index (Phi) is 5.89. The molecule has 0 spiro atoms. The smallest absolute Gasteiger partial charge is 0.329 e. The highest BCUT2D eigenvalue weighted by atomic mass is 32.2. The van der Waals surface area contributed by atoms with Crippen LogP contribution in [-0.2, 0) is 16.2 Å². The van der Waals surface area contributed by atoms with Crippen molar-refractivity contribution >= 4 is 84.7 Å². The maximum absolute atomic E-state index is 2.81. The van der Waals surface area contributed by atoms with E-state index in [4.69, 9.17) is 0 Å². The molecule has 5 aromatic carbocycles. The minimum atomic E-state index is 0.0152. The minimum absolute atomic E-state index is 0.0152. The molecule has 1 nitrogen and oxygen atoms in total. The monoisotopic (exact) mass is 669 g/mol. The molecule has 5 heteroatoms. The zero-order valence-corrected chi connectivity index (χ0v) is 31.6. The van der Waals surface area contributed by atoms with Crippen molar-refractivity contribution in [2.45, 2.75) is 88.3 Å². The Bertz CT molecular complexity index is 2450. The molecule has 6 aromatic rings. The van der Waals surface area contributed by atoms with Gasteiger partial charge in [-0.2, -0.15) is 0 Å². The third kappa shape index (κ3) is 4.04. The van der Waals surface area contributed by atoms with Gasteiger partial charge in [0.2, 0.25) is 0 Å². The average Bonchev–Trinajstić information content (AvgIpc) is 3.42. The molecule has 4 aliphatic rings. The molecule has 0 bridgehead atoms. The van der Waals surface area contributed by atoms with Crippen LogP contribution in [0.4, 0.5) is 11.4 Å². The van der Waals surface area contributed by atoms with E-state index in [-0.39, 0.29) is 29.8 Å². The fourth-order valence-corrected chi connectivity index (χ4v) is 11.6. The van der Waals surface area contributed by atoms with Gasteiger partial charge in [-0.05, 0) is 88.9 Å². The van der Waals surface area contributed by atoms with Crippen molar-refractivity contribution in [2.24, 2.45) is 0 Å². The molecule has 1 aromatic heterocycles. The van der Waals surface area contributed by atoms with Crippen LogP contribution < -0.4 is 31.4 Å². The number of benzene rings is 5. The van der Waals surface area contributed by atoms with Gasteiger partial charge in [0.1, 0.15) is 0 Å². The lowest BCUT2D eigenvalue weighted by atomic mass is 9.33. The third-order valence-corrected chi connectivity index (χ3v) is 14.2. The van der Waals surface area contributed by atoms with Crippen molar-refractivity contribution in [1.82, 2.24) is 0 Å². The number of thiophene rings is 1. The molecule has 0 N–H and O–H groups in total. The Balaban J connectivity index is 1.39. The first kappa shape index (κ1) is 30.2. The lowest BCUT2D eigenvalue weighted by Crippen LogP contribution is -2.68. The molecule has 0 aliphatic carbocycles. The highest BCUT2D eigenvalue weighted by Gasteiger charge is 2.52. The SMILES string of the molecule is CC(C)(C)c1ccc2c(c1)B1c3cc(C(C)(C)C)ccc3-c3ccc4c5c3N1c1c(cc(C(C)(C)C)cc1-2)B5c1sc2ccccc2c1S4. The summed E-state index contributed by atoms with van der Waals surface area (Å²) in [6.07, 6.45) is 0. The van der Waals surface area contributed by atoms with Crippen LogP contribution in [0.1, 0.15) is 79.0 Å². The van der Waals surface area contributed by atoms with Crippen LogP contribution in [0.15, 0.2) is 94.7 Å². The maximum atomic E-state index is 2.81. The molecule has 0 atom stereocenters. The van der Waals surface area contributed by atoms with E-state index in [9.17, 15) is 0 Å². The number of hydrogen-bond acceptors (Lipinski definition) is 3. The van der Waals surface area contributed by atoms with Gasteiger partial charge in [0.25, 0.3) is 6.71 Å². The summed E-state index contributed by atoms with van der Waals surface area (Å²) in [5, 5.41) is 1.40. The highest BCUT2D eigenvalue weighted by Crippen LogP contribution is 2.52. The van der Waals surface area contributed by atoms with Crippen molar-refractivity contribution in [3.8, 4) is 22.3 Å². The Morgan fingerprint density at radius 2 is 1.14 bits per heavy atom. The molecule has 5 heterocycles. The van der Waals surface area contributed by atoms with Crippen LogP contribution in [0.2, 0.25) is 0 Å². The first-order valence-electron chi connectivity index (χ1n) is 17.8. The zero-order valence-electron chi connectivity index (χ0n) is 30.0. The summed E-state index contributed by atoms with van der Waals surface area (Å²) < 4.78 is 2.90. The maximum Gasteiger partial charge on any atom is 0.329 e. The summed E-state index contributed by atoms with van der Waals surface area (Å²) in [7, 11) is 0. The molecule has 0 unspecified atom stereocenters. The topological polar surface area (TPSA) is 3.24 Å². The number of fused-ring (bicyclic) bond motifs is 11. The van der Waals surface area contributed by atoms with E-state index in [0.29, 0.717) is 0 Å². The number of anilines is 2. The quantitative estimate of drug-likeness (QED) is 0.148. The molecule has 4 aliphatic heterocycles. The van der Waals surface area contributed by atoms with E-state index in [1.807, 2.05) is 23.1 Å². The van der Waals surface area contributed by atoms with Crippen molar-refractivity contribution in [1.29, 1.82) is 0 Å². The van der Waals surface area contributed by atoms with Gasteiger partial charge in [-0.3, -0.25) is 0 Å². The van der Waals surface area contributed by atoms with Gasteiger partial charge in [-0.15, -0.1) is 11.3 Å². The number of rotatable bonds is 0. The normalized spacial score (nSPS) is 15.2. The van der Waals surface area contributed by atoms with E-state index < -0.39 is 0 Å². The molecular formula is C44H41B2NS2. The van der Waals surface area contributed by atoms with Crippen molar-refractivity contribution in [3.05, 3.63) is 102 Å². The third-order valence-electron chi connectivity index (χ3n) is 11.6. The van der Waals surface area contributed by atoms with Gasteiger partial charge < -0.3 is 4.81 Å². The van der Waals surface area contributed by atoms with Gasteiger partial charge in [0, 0.05) is 42.4 Å². The Morgan fingerprint density at radius 3 is 1.80 bits per heavy atom. The molecule has 0 saturated heterocycles. The Hall–Kier alpha value is -3.66. The van der Waals surface area contributed by atoms with E-state index in [0.717, 1.165) is 0 Å². The summed E-state index contributed by atoms with van der Waals surface area (Å²) in [5.74, 6) is 0. The summed E-state index contributed by atoms with van der Waals surface area (Å²) >= 11 is 4.02. The molecule has 240 valence electrons. The van der Waals surface area contributed by atoms with E-state index in [1.165, 1.54) is 96.8 Å². The average molecular weight is 670 g/mol. The van der Waals surface area contributed by atoms with Crippen molar-refractivity contribution in [2.75, 3.05) is 4.81 Å². The molecule has 0 saturated carbocycles. The standard InChI is InChI=1S/C44H41B2NS2/c1-42(2,3)24-14-16-27-29-18-19-36-37-39(29)47-38-31(28-17-15-25(43(4,5)6)22-33(28)46(47)32(27)21-24)20-26(44(7,8)9)23-34(38)45(37)41-40(48-36)30-12-10-11-13-35(30)49-41/h10-23H,1-9H3. The fourth-order valence-electron chi connectivity index (χ4n) is 8.91. The van der Waals surface area contributed by atoms with Crippen LogP contribution in [0.5, 0.6) is 0 Å². The predicted molar refractivity (Wildman–Crippen MR) is 218 cm³/mol. The van der Waals surface area contributed by atoms with E-state index in [2.05, 4.69) is 152 Å². The van der Waals surface area contributed by atoms with Gasteiger partial charge in [-0.25, -0.2) is 0 Å². The summed E-state index contributed by atoms with van der Waals surface area (Å²) in [6.45, 7) is 21.5. The van der Waals surface area contributed by atoms with Crippen LogP contribution in [0, 0.1) is 0 Å². The Morgan fingerprint density at radius 1 is 0.551 bits per heavy atom. The second-order valence-corrected chi connectivity index (χ2v) is 19.9. The highest BCUT2D eigenvalue weighted by molar-refractivity contribution is 8.00. The van der Waals surface area contributed by atoms with Crippen molar-refractivity contribution < 1.29 is 0 Å². The predicted octanol–water partition coefficient (Wildman–Crippen LogP) is 8.99. The van der Waals surface area contributed by atoms with Crippen LogP contribution >= 0.6 is 23.1 Å². The number of hydrogen-bond donors (Lipinski definition) is 0. The molecule has 0 amide bonds. The second kappa shape index (κ2) is 9.56. The number of nitrogens with zero attached hydrogens (tertiary/aromatic N) is 1. The molecule has 10 rings (SSSR count). The molecule has 0 fully saturated rings. The lowest BCUT2D eigenvalue weighted by molar-refractivity contribution is 0.590. The molecular weight excluding hydrogens is 628 g/mol. The first-order chi connectivity index (χ1) is 23.2. The van der Waals surface area contributed by atoms with E-state index >= 15 is 0 Å². The van der Waals surface area contributed by atoms with Crippen LogP contribution in [-0.4, -0.2) is 13.6 Å². The van der Waals surface area contributed by atoms with Crippen LogP contribution in [0.3, 0.4) is 0 Å². The minimum Gasteiger partial charge on any atom is -0.377 e. The van der Waals surface area contributed by atoms with Gasteiger partial charge in [-0.1, -0.05) is 141 Å². The summed E-state index contributed by atoms with van der Waals surface area (Å²) in [5.41, 5.74) is 18.6. The summed E-state index contributed by atoms with van der Waals surface area (Å²) in [4.78, 5) is 5.68.